The van der Waals surface area contributed by atoms with Crippen LogP contribution in [0.5, 0.6) is 0 Å². The van der Waals surface area contributed by atoms with Crippen LogP contribution in [0.3, 0.4) is 0 Å². The first-order valence-corrected chi connectivity index (χ1v) is 6.32. The van der Waals surface area contributed by atoms with Crippen molar-refractivity contribution < 1.29 is 4.21 Å². The van der Waals surface area contributed by atoms with Crippen LogP contribution < -0.4 is 0 Å². The molecular weight excluding hydrogens is 178 g/mol. The molecule has 62 valence electrons. The number of nitrogens with zero attached hydrogens (tertiary/aromatic N) is 1. The number of hydrogen-bond acceptors (Lipinski definition) is 2. The highest BCUT2D eigenvalue weighted by Gasteiger charge is 2.11. The van der Waals surface area contributed by atoms with Gasteiger partial charge in [-0.2, -0.15) is 0 Å². The number of terminal acetylenes is 1. The number of rotatable bonds is 1. The minimum Gasteiger partial charge on any atom is -0.291 e. The Balaban J connectivity index is 2.37. The molecule has 1 aliphatic rings. The maximum Gasteiger partial charge on any atom is 0.120 e. The highest BCUT2D eigenvalue weighted by Crippen LogP contribution is 1.98. The van der Waals surface area contributed by atoms with Crippen molar-refractivity contribution in [2.75, 3.05) is 31.1 Å². The SMILES string of the molecule is C#CCN1CCS(=S=O)CC1. The molecule has 0 amide bonds. The zero-order chi connectivity index (χ0) is 8.10. The lowest BCUT2D eigenvalue weighted by molar-refractivity contribution is 0.340. The summed E-state index contributed by atoms with van der Waals surface area (Å²) < 4.78 is 10.4. The van der Waals surface area contributed by atoms with E-state index < -0.39 is 0 Å². The standard InChI is InChI=1S/C7H11NOS2/c1-2-3-8-4-6-11(10-9)7-5-8/h1H,3-7H2. The lowest BCUT2D eigenvalue weighted by atomic mass is 10.5. The molecule has 0 N–H and O–H groups in total. The molecule has 0 aromatic rings. The molecule has 0 radical (unpaired) electrons. The highest BCUT2D eigenvalue weighted by atomic mass is 32.8. The van der Waals surface area contributed by atoms with Gasteiger partial charge in [-0.1, -0.05) is 15.4 Å². The minimum absolute atomic E-state index is 0.0749. The topological polar surface area (TPSA) is 20.3 Å². The van der Waals surface area contributed by atoms with Gasteiger partial charge in [0.1, 0.15) is 10.2 Å². The fraction of sp³-hybridized carbons (Fsp3) is 0.714. The highest BCUT2D eigenvalue weighted by molar-refractivity contribution is 8.31. The lowest BCUT2D eigenvalue weighted by Gasteiger charge is -2.24. The van der Waals surface area contributed by atoms with E-state index in [9.17, 15) is 4.21 Å². The molecule has 0 saturated carbocycles. The maximum absolute atomic E-state index is 10.4. The predicted octanol–water partition coefficient (Wildman–Crippen LogP) is -0.319. The van der Waals surface area contributed by atoms with E-state index in [1.165, 1.54) is 0 Å². The molecule has 1 saturated heterocycles. The summed E-state index contributed by atoms with van der Waals surface area (Å²) in [6.07, 6.45) is 5.17. The molecule has 0 aliphatic carbocycles. The van der Waals surface area contributed by atoms with Crippen molar-refractivity contribution in [2.45, 2.75) is 0 Å². The van der Waals surface area contributed by atoms with Crippen LogP contribution in [0.4, 0.5) is 0 Å². The van der Waals surface area contributed by atoms with E-state index in [2.05, 4.69) is 10.8 Å². The predicted molar refractivity (Wildman–Crippen MR) is 50.5 cm³/mol. The fourth-order valence-electron chi connectivity index (χ4n) is 1.03. The number of hydrogen-bond donors (Lipinski definition) is 0. The Kier molecular flexibility index (Phi) is 3.84. The van der Waals surface area contributed by atoms with Gasteiger partial charge in [0.25, 0.3) is 0 Å². The monoisotopic (exact) mass is 189 g/mol. The summed E-state index contributed by atoms with van der Waals surface area (Å²) in [5, 5.41) is 0. The van der Waals surface area contributed by atoms with Crippen LogP contribution in [0, 0.1) is 12.3 Å². The molecule has 0 aromatic carbocycles. The van der Waals surface area contributed by atoms with Crippen molar-refractivity contribution in [1.82, 2.24) is 4.90 Å². The molecule has 11 heavy (non-hydrogen) atoms. The van der Waals surface area contributed by atoms with E-state index in [4.69, 9.17) is 6.42 Å². The Morgan fingerprint density at radius 1 is 1.55 bits per heavy atom. The van der Waals surface area contributed by atoms with Crippen molar-refractivity contribution in [3.8, 4) is 12.3 Å². The van der Waals surface area contributed by atoms with Crippen molar-refractivity contribution in [1.29, 1.82) is 0 Å². The first kappa shape index (κ1) is 8.98. The summed E-state index contributed by atoms with van der Waals surface area (Å²) in [5.74, 6) is 4.66. The zero-order valence-corrected chi connectivity index (χ0v) is 7.92. The van der Waals surface area contributed by atoms with Gasteiger partial charge in [0, 0.05) is 24.6 Å². The van der Waals surface area contributed by atoms with Gasteiger partial charge in [-0.15, -0.1) is 6.42 Å². The van der Waals surface area contributed by atoms with E-state index in [0.29, 0.717) is 0 Å². The maximum atomic E-state index is 10.4. The summed E-state index contributed by atoms with van der Waals surface area (Å²) in [4.78, 5) is 2.22. The molecular formula is C7H11NOS2. The molecule has 0 atom stereocenters. The van der Waals surface area contributed by atoms with Gasteiger partial charge in [0.05, 0.1) is 6.54 Å². The van der Waals surface area contributed by atoms with Crippen LogP contribution in [0.25, 0.3) is 0 Å². The Hall–Kier alpha value is -0.110. The van der Waals surface area contributed by atoms with Crippen LogP contribution in [-0.4, -0.2) is 40.2 Å². The second-order valence-electron chi connectivity index (χ2n) is 2.40. The van der Waals surface area contributed by atoms with E-state index in [-0.39, 0.29) is 9.45 Å². The Morgan fingerprint density at radius 2 is 2.18 bits per heavy atom. The molecule has 1 heterocycles. The van der Waals surface area contributed by atoms with Gasteiger partial charge in [-0.05, 0) is 0 Å². The first-order valence-electron chi connectivity index (χ1n) is 3.50. The summed E-state index contributed by atoms with van der Waals surface area (Å²) in [6, 6.07) is 0. The lowest BCUT2D eigenvalue weighted by Crippen LogP contribution is -2.37. The summed E-state index contributed by atoms with van der Waals surface area (Å²) in [7, 11) is 0.840. The summed E-state index contributed by atoms with van der Waals surface area (Å²) >= 11 is 0. The average Bonchev–Trinajstić information content (AvgIpc) is 2.07. The normalized spacial score (nSPS) is 21.0. The smallest absolute Gasteiger partial charge is 0.120 e. The van der Waals surface area contributed by atoms with Crippen molar-refractivity contribution >= 4 is 19.7 Å². The van der Waals surface area contributed by atoms with Crippen molar-refractivity contribution in [3.05, 3.63) is 0 Å². The van der Waals surface area contributed by atoms with Crippen LogP contribution in [0.15, 0.2) is 0 Å². The molecule has 0 unspecified atom stereocenters. The molecule has 0 aromatic heterocycles. The van der Waals surface area contributed by atoms with Crippen molar-refractivity contribution in [2.24, 2.45) is 0 Å². The van der Waals surface area contributed by atoms with Crippen LogP contribution in [0.1, 0.15) is 0 Å². The van der Waals surface area contributed by atoms with Crippen LogP contribution in [-0.2, 0) is 19.7 Å². The van der Waals surface area contributed by atoms with Gasteiger partial charge in [-0.25, -0.2) is 4.21 Å². The third-order valence-corrected chi connectivity index (χ3v) is 4.73. The first-order chi connectivity index (χ1) is 5.36. The van der Waals surface area contributed by atoms with Gasteiger partial charge < -0.3 is 0 Å². The second kappa shape index (κ2) is 4.70. The van der Waals surface area contributed by atoms with Gasteiger partial charge in [0.2, 0.25) is 0 Å². The molecule has 0 spiro atoms. The molecule has 1 rings (SSSR count). The molecule has 0 bridgehead atoms. The minimum atomic E-state index is 0.0749. The molecule has 1 fully saturated rings. The zero-order valence-electron chi connectivity index (χ0n) is 6.28. The Bertz CT molecular complexity index is 217. The summed E-state index contributed by atoms with van der Waals surface area (Å²) in [5.41, 5.74) is 0. The quantitative estimate of drug-likeness (QED) is 0.527. The van der Waals surface area contributed by atoms with Gasteiger partial charge in [-0.3, -0.25) is 4.90 Å². The van der Waals surface area contributed by atoms with E-state index >= 15 is 0 Å². The third kappa shape index (κ3) is 2.78. The largest absolute Gasteiger partial charge is 0.291 e. The van der Waals surface area contributed by atoms with E-state index in [0.717, 1.165) is 41.4 Å². The average molecular weight is 189 g/mol. The van der Waals surface area contributed by atoms with Crippen LogP contribution in [0.2, 0.25) is 0 Å². The second-order valence-corrected chi connectivity index (χ2v) is 6.05. The van der Waals surface area contributed by atoms with Gasteiger partial charge >= 0.3 is 0 Å². The van der Waals surface area contributed by atoms with Crippen LogP contribution >= 0.6 is 0 Å². The molecule has 4 heteroatoms. The molecule has 1 aliphatic heterocycles. The van der Waals surface area contributed by atoms with E-state index in [1.807, 2.05) is 0 Å². The van der Waals surface area contributed by atoms with Crippen molar-refractivity contribution in [3.63, 3.8) is 0 Å². The fourth-order valence-corrected chi connectivity index (χ4v) is 3.15. The third-order valence-electron chi connectivity index (χ3n) is 1.68. The Labute approximate surface area is 72.6 Å². The Morgan fingerprint density at radius 3 is 2.64 bits per heavy atom. The molecule has 2 nitrogen and oxygen atoms in total. The van der Waals surface area contributed by atoms with E-state index in [1.54, 1.807) is 0 Å². The van der Waals surface area contributed by atoms with Gasteiger partial charge in [0.15, 0.2) is 0 Å². The summed E-state index contributed by atoms with van der Waals surface area (Å²) in [6.45, 7) is 2.74.